The van der Waals surface area contributed by atoms with Crippen molar-refractivity contribution in [2.45, 2.75) is 63.5 Å². The standard InChI is InChI=1S/C20H18O8.C13H18ClNO2/c1-11-3-7-13(8-4-11)15(21)19(27,17(23)24)20(28,18(25)26)16(22)14-9-5-12(2)6-10-14;1-9-12(10-5-4-6-11(14)7-10)17-8-13(2,3)15(9)16/h3-10,27-28H,1-2H3,(H,23,24)(H,25,26);4-7,9,12,16H,8H2,1-3H3/t19-,20-;/m1./s1. The Bertz CT molecular complexity index is 1490. The SMILES string of the molecule is CC1C(c2cccc(Cl)c2)OCC(C)(C)N1O.Cc1ccc(C(=O)[C@@](O)(C(=O)O)[C@](O)(C(=O)O)C(=O)c2ccc(C)cc2)cc1. The first-order valence-corrected chi connectivity index (χ1v) is 14.3. The third kappa shape index (κ3) is 6.99. The summed E-state index contributed by atoms with van der Waals surface area (Å²) >= 11 is 5.97. The molecule has 1 aliphatic heterocycles. The van der Waals surface area contributed by atoms with Gasteiger partial charge in [-0.15, -0.1) is 0 Å². The molecule has 5 N–H and O–H groups in total. The fourth-order valence-electron chi connectivity index (χ4n) is 4.90. The average molecular weight is 642 g/mol. The summed E-state index contributed by atoms with van der Waals surface area (Å²) in [4.78, 5) is 49.1. The second-order valence-corrected chi connectivity index (χ2v) is 12.0. The number of ketones is 2. The van der Waals surface area contributed by atoms with Gasteiger partial charge in [0.15, 0.2) is 0 Å². The summed E-state index contributed by atoms with van der Waals surface area (Å²) < 4.78 is 5.86. The molecule has 1 saturated heterocycles. The summed E-state index contributed by atoms with van der Waals surface area (Å²) in [5.74, 6) is -8.01. The van der Waals surface area contributed by atoms with Crippen LogP contribution in [0, 0.1) is 13.8 Å². The van der Waals surface area contributed by atoms with Gasteiger partial charge in [-0.05, 0) is 52.3 Å². The number of ether oxygens (including phenoxy) is 1. The van der Waals surface area contributed by atoms with Gasteiger partial charge in [0.05, 0.1) is 18.2 Å². The van der Waals surface area contributed by atoms with Crippen molar-refractivity contribution in [3.05, 3.63) is 106 Å². The highest BCUT2D eigenvalue weighted by atomic mass is 35.5. The Kier molecular flexibility index (Phi) is 10.7. The molecule has 3 aromatic rings. The molecule has 0 saturated carbocycles. The van der Waals surface area contributed by atoms with Crippen LogP contribution in [0.4, 0.5) is 0 Å². The molecule has 3 aromatic carbocycles. The van der Waals surface area contributed by atoms with E-state index in [1.165, 1.54) is 29.3 Å². The van der Waals surface area contributed by atoms with Crippen molar-refractivity contribution in [3.63, 3.8) is 0 Å². The van der Waals surface area contributed by atoms with E-state index in [2.05, 4.69) is 0 Å². The number of carboxylic acids is 2. The Morgan fingerprint density at radius 3 is 1.62 bits per heavy atom. The molecule has 0 bridgehead atoms. The van der Waals surface area contributed by atoms with Gasteiger partial charge in [-0.2, -0.15) is 5.06 Å². The van der Waals surface area contributed by atoms with Gasteiger partial charge in [0.25, 0.3) is 11.2 Å². The molecule has 2 unspecified atom stereocenters. The first-order valence-electron chi connectivity index (χ1n) is 13.9. The number of carboxylic acid groups (broad SMARTS) is 2. The van der Waals surface area contributed by atoms with Crippen LogP contribution < -0.4 is 0 Å². The molecule has 4 rings (SSSR count). The number of rotatable bonds is 8. The number of aliphatic carboxylic acids is 2. The minimum atomic E-state index is -3.96. The predicted molar refractivity (Wildman–Crippen MR) is 164 cm³/mol. The lowest BCUT2D eigenvalue weighted by Crippen LogP contribution is -2.71. The second kappa shape index (κ2) is 13.6. The van der Waals surface area contributed by atoms with Gasteiger partial charge in [-0.1, -0.05) is 83.4 Å². The Labute approximate surface area is 265 Å². The smallest absolute Gasteiger partial charge is 0.348 e. The third-order valence-electron chi connectivity index (χ3n) is 7.66. The molecule has 0 aromatic heterocycles. The molecule has 11 nitrogen and oxygen atoms in total. The number of carbonyl (C=O) groups is 4. The Balaban J connectivity index is 0.000000276. The maximum absolute atomic E-state index is 12.8. The summed E-state index contributed by atoms with van der Waals surface area (Å²) in [6.07, 6.45) is -0.147. The maximum Gasteiger partial charge on any atom is 0.348 e. The van der Waals surface area contributed by atoms with Crippen molar-refractivity contribution in [1.82, 2.24) is 5.06 Å². The van der Waals surface area contributed by atoms with Gasteiger partial charge < -0.3 is 30.4 Å². The molecule has 1 aliphatic rings. The fourth-order valence-corrected chi connectivity index (χ4v) is 5.10. The Hall–Kier alpha value is -3.97. The molecule has 1 heterocycles. The van der Waals surface area contributed by atoms with Crippen LogP contribution in [0.3, 0.4) is 0 Å². The first kappa shape index (κ1) is 35.5. The number of nitrogens with zero attached hydrogens (tertiary/aromatic N) is 1. The lowest BCUT2D eigenvalue weighted by Gasteiger charge is -2.46. The largest absolute Gasteiger partial charge is 0.479 e. The monoisotopic (exact) mass is 641 g/mol. The number of carbonyl (C=O) groups excluding carboxylic acids is 2. The molecular weight excluding hydrogens is 606 g/mol. The molecule has 45 heavy (non-hydrogen) atoms. The number of hydrogen-bond donors (Lipinski definition) is 5. The van der Waals surface area contributed by atoms with Crippen molar-refractivity contribution >= 4 is 35.1 Å². The highest BCUT2D eigenvalue weighted by Crippen LogP contribution is 2.35. The van der Waals surface area contributed by atoms with E-state index < -0.39 is 34.7 Å². The summed E-state index contributed by atoms with van der Waals surface area (Å²) in [5, 5.41) is 52.5. The summed E-state index contributed by atoms with van der Waals surface area (Å²) in [5.41, 5.74) is -6.63. The van der Waals surface area contributed by atoms with Crippen LogP contribution in [0.5, 0.6) is 0 Å². The normalized spacial score (nSPS) is 20.5. The van der Waals surface area contributed by atoms with Crippen LogP contribution in [0.1, 0.15) is 64.3 Å². The number of benzene rings is 3. The maximum atomic E-state index is 12.8. The molecular formula is C33H36ClNO10. The van der Waals surface area contributed by atoms with Crippen LogP contribution in [-0.2, 0) is 14.3 Å². The number of hydroxylamine groups is 2. The van der Waals surface area contributed by atoms with E-state index in [-0.39, 0.29) is 28.8 Å². The van der Waals surface area contributed by atoms with Crippen LogP contribution in [0.2, 0.25) is 5.02 Å². The van der Waals surface area contributed by atoms with E-state index >= 15 is 0 Å². The van der Waals surface area contributed by atoms with E-state index in [9.17, 15) is 44.8 Å². The summed E-state index contributed by atoms with van der Waals surface area (Å²) in [6, 6.07) is 17.8. The zero-order valence-electron chi connectivity index (χ0n) is 25.4. The minimum absolute atomic E-state index is 0.0998. The average Bonchev–Trinajstić information content (AvgIpc) is 2.99. The van der Waals surface area contributed by atoms with Crippen molar-refractivity contribution in [1.29, 1.82) is 0 Å². The molecule has 0 spiro atoms. The fraction of sp³-hybridized carbons (Fsp3) is 0.333. The van der Waals surface area contributed by atoms with E-state index in [1.54, 1.807) is 13.8 Å². The summed E-state index contributed by atoms with van der Waals surface area (Å²) in [6.45, 7) is 9.73. The van der Waals surface area contributed by atoms with E-state index in [0.29, 0.717) is 22.8 Å². The van der Waals surface area contributed by atoms with Gasteiger partial charge in [-0.25, -0.2) is 9.59 Å². The van der Waals surface area contributed by atoms with Crippen molar-refractivity contribution < 1.29 is 49.5 Å². The quantitative estimate of drug-likeness (QED) is 0.175. The molecule has 4 atom stereocenters. The number of Topliss-reactive ketones (excluding diaryl/α,β-unsaturated/α-hetero) is 2. The summed E-state index contributed by atoms with van der Waals surface area (Å²) in [7, 11) is 0. The first-order chi connectivity index (χ1) is 20.9. The van der Waals surface area contributed by atoms with Gasteiger partial charge in [-0.3, -0.25) is 9.59 Å². The molecule has 0 radical (unpaired) electrons. The molecule has 0 amide bonds. The highest BCUT2D eigenvalue weighted by Gasteiger charge is 2.69. The van der Waals surface area contributed by atoms with Crippen molar-refractivity contribution in [3.8, 4) is 0 Å². The third-order valence-corrected chi connectivity index (χ3v) is 7.90. The van der Waals surface area contributed by atoms with Gasteiger partial charge in [0.2, 0.25) is 11.6 Å². The van der Waals surface area contributed by atoms with Crippen molar-refractivity contribution in [2.75, 3.05) is 6.61 Å². The topological polar surface area (TPSA) is 182 Å². The number of halogens is 1. The van der Waals surface area contributed by atoms with Gasteiger partial charge in [0, 0.05) is 16.1 Å². The van der Waals surface area contributed by atoms with Crippen LogP contribution >= 0.6 is 11.6 Å². The zero-order valence-corrected chi connectivity index (χ0v) is 26.1. The highest BCUT2D eigenvalue weighted by molar-refractivity contribution is 6.30. The lowest BCUT2D eigenvalue weighted by atomic mass is 9.73. The molecule has 240 valence electrons. The lowest BCUT2D eigenvalue weighted by molar-refractivity contribution is -0.267. The van der Waals surface area contributed by atoms with Crippen LogP contribution in [0.25, 0.3) is 0 Å². The zero-order chi connectivity index (χ0) is 33.9. The number of aliphatic hydroxyl groups is 2. The van der Waals surface area contributed by atoms with Gasteiger partial charge in [0.1, 0.15) is 6.10 Å². The molecule has 1 fully saturated rings. The number of aryl methyl sites for hydroxylation is 2. The Morgan fingerprint density at radius 1 is 0.822 bits per heavy atom. The van der Waals surface area contributed by atoms with Crippen LogP contribution in [-0.4, -0.2) is 83.6 Å². The molecule has 0 aliphatic carbocycles. The van der Waals surface area contributed by atoms with E-state index in [1.807, 2.05) is 45.0 Å². The van der Waals surface area contributed by atoms with Crippen molar-refractivity contribution in [2.24, 2.45) is 0 Å². The number of morpholine rings is 1. The number of hydrogen-bond acceptors (Lipinski definition) is 9. The molecule has 12 heteroatoms. The van der Waals surface area contributed by atoms with E-state index in [4.69, 9.17) is 16.3 Å². The minimum Gasteiger partial charge on any atom is -0.479 e. The predicted octanol–water partition coefficient (Wildman–Crippen LogP) is 4.27. The van der Waals surface area contributed by atoms with E-state index in [0.717, 1.165) is 29.8 Å². The van der Waals surface area contributed by atoms with Crippen LogP contribution in [0.15, 0.2) is 72.8 Å². The Morgan fingerprint density at radius 2 is 1.24 bits per heavy atom. The van der Waals surface area contributed by atoms with Gasteiger partial charge >= 0.3 is 11.9 Å². The second-order valence-electron chi connectivity index (χ2n) is 11.6.